The van der Waals surface area contributed by atoms with E-state index in [2.05, 4.69) is 10.4 Å². The average Bonchev–Trinajstić information content (AvgIpc) is 2.59. The van der Waals surface area contributed by atoms with Gasteiger partial charge in [-0.2, -0.15) is 5.10 Å². The Morgan fingerprint density at radius 1 is 1.53 bits per heavy atom. The number of aromatic nitrogens is 2. The summed E-state index contributed by atoms with van der Waals surface area (Å²) in [6, 6.07) is 1.98. The van der Waals surface area contributed by atoms with Crippen LogP contribution in [0.1, 0.15) is 30.3 Å². The van der Waals surface area contributed by atoms with Gasteiger partial charge in [-0.3, -0.25) is 4.68 Å². The lowest BCUT2D eigenvalue weighted by Gasteiger charge is -2.26. The van der Waals surface area contributed by atoms with Gasteiger partial charge < -0.3 is 10.4 Å². The molecular formula is C11H19N3O. The number of rotatable bonds is 2. The molecule has 0 spiro atoms. The molecule has 2 N–H and O–H groups in total. The van der Waals surface area contributed by atoms with Gasteiger partial charge in [0.15, 0.2) is 0 Å². The normalized spacial score (nSPS) is 20.5. The van der Waals surface area contributed by atoms with E-state index >= 15 is 0 Å². The molecule has 4 heteroatoms. The second kappa shape index (κ2) is 4.33. The minimum Gasteiger partial charge on any atom is -0.386 e. The van der Waals surface area contributed by atoms with Crippen LogP contribution in [0.5, 0.6) is 0 Å². The zero-order chi connectivity index (χ0) is 10.8. The average molecular weight is 209 g/mol. The number of hydrogen-bond acceptors (Lipinski definition) is 3. The summed E-state index contributed by atoms with van der Waals surface area (Å²) in [5.41, 5.74) is 1.92. The first kappa shape index (κ1) is 10.6. The molecule has 15 heavy (non-hydrogen) atoms. The van der Waals surface area contributed by atoms with Gasteiger partial charge in [0, 0.05) is 12.7 Å². The van der Waals surface area contributed by atoms with Gasteiger partial charge in [-0.05, 0) is 44.8 Å². The van der Waals surface area contributed by atoms with Crippen LogP contribution in [0.3, 0.4) is 0 Å². The van der Waals surface area contributed by atoms with Gasteiger partial charge in [-0.25, -0.2) is 0 Å². The van der Waals surface area contributed by atoms with Crippen molar-refractivity contribution in [1.82, 2.24) is 15.1 Å². The Hall–Kier alpha value is -0.870. The van der Waals surface area contributed by atoms with Crippen LogP contribution in [0.4, 0.5) is 0 Å². The molecule has 1 aromatic heterocycles. The van der Waals surface area contributed by atoms with Crippen molar-refractivity contribution >= 4 is 0 Å². The van der Waals surface area contributed by atoms with Crippen LogP contribution in [0.2, 0.25) is 0 Å². The fourth-order valence-corrected chi connectivity index (χ4v) is 2.13. The SMILES string of the molecule is Cc1cc([C@@H](O)C2CCNCC2)nn1C. The summed E-state index contributed by atoms with van der Waals surface area (Å²) in [6.07, 6.45) is 1.68. The Bertz CT molecular complexity index is 309. The predicted octanol–water partition coefficient (Wildman–Crippen LogP) is 0.762. The first-order valence-electron chi connectivity index (χ1n) is 5.58. The van der Waals surface area contributed by atoms with Gasteiger partial charge in [0.1, 0.15) is 6.10 Å². The molecule has 4 nitrogen and oxygen atoms in total. The molecule has 0 radical (unpaired) electrons. The molecule has 1 aromatic rings. The fourth-order valence-electron chi connectivity index (χ4n) is 2.13. The molecule has 1 fully saturated rings. The highest BCUT2D eigenvalue weighted by molar-refractivity contribution is 5.12. The van der Waals surface area contributed by atoms with Crippen LogP contribution in [0, 0.1) is 12.8 Å². The summed E-state index contributed by atoms with van der Waals surface area (Å²) in [7, 11) is 1.91. The van der Waals surface area contributed by atoms with Crippen LogP contribution in [-0.2, 0) is 7.05 Å². The lowest BCUT2D eigenvalue weighted by molar-refractivity contribution is 0.0846. The van der Waals surface area contributed by atoms with Gasteiger partial charge in [0.2, 0.25) is 0 Å². The van der Waals surface area contributed by atoms with Gasteiger partial charge in [0.05, 0.1) is 5.69 Å². The number of nitrogens with one attached hydrogen (secondary N) is 1. The summed E-state index contributed by atoms with van der Waals surface area (Å²) < 4.78 is 1.82. The van der Waals surface area contributed by atoms with Crippen molar-refractivity contribution in [3.63, 3.8) is 0 Å². The van der Waals surface area contributed by atoms with E-state index in [-0.39, 0.29) is 0 Å². The van der Waals surface area contributed by atoms with E-state index < -0.39 is 6.10 Å². The van der Waals surface area contributed by atoms with E-state index in [0.29, 0.717) is 5.92 Å². The highest BCUT2D eigenvalue weighted by Gasteiger charge is 2.24. The largest absolute Gasteiger partial charge is 0.386 e. The predicted molar refractivity (Wildman–Crippen MR) is 58.5 cm³/mol. The quantitative estimate of drug-likeness (QED) is 0.756. The monoisotopic (exact) mass is 209 g/mol. The van der Waals surface area contributed by atoms with Gasteiger partial charge >= 0.3 is 0 Å². The maximum Gasteiger partial charge on any atom is 0.101 e. The van der Waals surface area contributed by atoms with Gasteiger partial charge in [0.25, 0.3) is 0 Å². The molecule has 1 saturated heterocycles. The number of aliphatic hydroxyl groups excluding tert-OH is 1. The Balaban J connectivity index is 2.08. The molecule has 2 heterocycles. The smallest absolute Gasteiger partial charge is 0.101 e. The van der Waals surface area contributed by atoms with Crippen molar-refractivity contribution in [3.05, 3.63) is 17.5 Å². The molecule has 0 saturated carbocycles. The maximum absolute atomic E-state index is 10.2. The third-order valence-corrected chi connectivity index (χ3v) is 3.27. The molecule has 0 unspecified atom stereocenters. The Labute approximate surface area is 90.3 Å². The summed E-state index contributed by atoms with van der Waals surface area (Å²) >= 11 is 0. The molecule has 2 rings (SSSR count). The van der Waals surface area contributed by atoms with E-state index in [1.54, 1.807) is 0 Å². The second-order valence-electron chi connectivity index (χ2n) is 4.37. The molecular weight excluding hydrogens is 190 g/mol. The number of piperidine rings is 1. The highest BCUT2D eigenvalue weighted by Crippen LogP contribution is 2.27. The lowest BCUT2D eigenvalue weighted by atomic mass is 9.90. The first-order chi connectivity index (χ1) is 7.18. The molecule has 1 aliphatic heterocycles. The standard InChI is InChI=1S/C11H19N3O/c1-8-7-10(13-14(8)2)11(15)9-3-5-12-6-4-9/h7,9,11-12,15H,3-6H2,1-2H3/t11-/m0/s1. The van der Waals surface area contributed by atoms with E-state index in [4.69, 9.17) is 0 Å². The number of hydrogen-bond donors (Lipinski definition) is 2. The van der Waals surface area contributed by atoms with Crippen molar-refractivity contribution in [3.8, 4) is 0 Å². The summed E-state index contributed by atoms with van der Waals surface area (Å²) in [4.78, 5) is 0. The van der Waals surface area contributed by atoms with E-state index in [9.17, 15) is 5.11 Å². The van der Waals surface area contributed by atoms with Crippen molar-refractivity contribution < 1.29 is 5.11 Å². The Morgan fingerprint density at radius 2 is 2.20 bits per heavy atom. The topological polar surface area (TPSA) is 50.1 Å². The maximum atomic E-state index is 10.2. The summed E-state index contributed by atoms with van der Waals surface area (Å²) in [6.45, 7) is 4.02. The zero-order valence-electron chi connectivity index (χ0n) is 9.40. The molecule has 0 aliphatic carbocycles. The first-order valence-corrected chi connectivity index (χ1v) is 5.58. The van der Waals surface area contributed by atoms with Crippen molar-refractivity contribution in [2.75, 3.05) is 13.1 Å². The second-order valence-corrected chi connectivity index (χ2v) is 4.37. The Morgan fingerprint density at radius 3 is 2.73 bits per heavy atom. The lowest BCUT2D eigenvalue weighted by Crippen LogP contribution is -2.31. The van der Waals surface area contributed by atoms with Crippen molar-refractivity contribution in [2.45, 2.75) is 25.9 Å². The molecule has 0 amide bonds. The number of aryl methyl sites for hydroxylation is 2. The molecule has 1 atom stereocenters. The number of aliphatic hydroxyl groups is 1. The fraction of sp³-hybridized carbons (Fsp3) is 0.727. The van der Waals surface area contributed by atoms with Gasteiger partial charge in [-0.1, -0.05) is 0 Å². The summed E-state index contributed by atoms with van der Waals surface area (Å²) in [5, 5.41) is 17.8. The van der Waals surface area contributed by atoms with Crippen LogP contribution in [-0.4, -0.2) is 28.0 Å². The molecule has 0 bridgehead atoms. The van der Waals surface area contributed by atoms with E-state index in [0.717, 1.165) is 37.3 Å². The van der Waals surface area contributed by atoms with Crippen LogP contribution in [0.15, 0.2) is 6.07 Å². The van der Waals surface area contributed by atoms with E-state index in [1.165, 1.54) is 0 Å². The molecule has 84 valence electrons. The van der Waals surface area contributed by atoms with Crippen molar-refractivity contribution in [1.29, 1.82) is 0 Å². The van der Waals surface area contributed by atoms with Crippen LogP contribution in [0.25, 0.3) is 0 Å². The minimum absolute atomic E-state index is 0.362. The molecule has 1 aliphatic rings. The van der Waals surface area contributed by atoms with Crippen LogP contribution >= 0.6 is 0 Å². The zero-order valence-corrected chi connectivity index (χ0v) is 9.40. The third-order valence-electron chi connectivity index (χ3n) is 3.27. The van der Waals surface area contributed by atoms with Crippen LogP contribution < -0.4 is 5.32 Å². The molecule has 0 aromatic carbocycles. The number of nitrogens with zero attached hydrogens (tertiary/aromatic N) is 2. The van der Waals surface area contributed by atoms with E-state index in [1.807, 2.05) is 24.7 Å². The van der Waals surface area contributed by atoms with Crippen molar-refractivity contribution in [2.24, 2.45) is 13.0 Å². The minimum atomic E-state index is -0.396. The van der Waals surface area contributed by atoms with Gasteiger partial charge in [-0.15, -0.1) is 0 Å². The third kappa shape index (κ3) is 2.21. The Kier molecular flexibility index (Phi) is 3.07. The summed E-state index contributed by atoms with van der Waals surface area (Å²) in [5.74, 6) is 0.362. The highest BCUT2D eigenvalue weighted by atomic mass is 16.3.